The molecule has 8 nitrogen and oxygen atoms in total. The molecule has 1 rings (SSSR count). The van der Waals surface area contributed by atoms with Crippen molar-refractivity contribution in [1.82, 2.24) is 9.97 Å². The van der Waals surface area contributed by atoms with Crippen LogP contribution in [0.4, 0.5) is 11.6 Å². The molecule has 0 unspecified atom stereocenters. The maximum atomic E-state index is 9.38. The summed E-state index contributed by atoms with van der Waals surface area (Å²) in [6.45, 7) is 1.37. The molecule has 0 bridgehead atoms. The third-order valence-electron chi connectivity index (χ3n) is 2.81. The van der Waals surface area contributed by atoms with Gasteiger partial charge < -0.3 is 25.7 Å². The summed E-state index contributed by atoms with van der Waals surface area (Å²) in [7, 11) is 1.45. The predicted octanol–water partition coefficient (Wildman–Crippen LogP) is -0.684. The van der Waals surface area contributed by atoms with Gasteiger partial charge in [0.25, 0.3) is 0 Å². The number of rotatable bonds is 7. The van der Waals surface area contributed by atoms with Gasteiger partial charge in [-0.3, -0.25) is 0 Å². The van der Waals surface area contributed by atoms with Crippen molar-refractivity contribution in [2.24, 2.45) is 5.84 Å². The Morgan fingerprint density at radius 1 is 1.33 bits per heavy atom. The van der Waals surface area contributed by atoms with Crippen LogP contribution in [0.3, 0.4) is 0 Å². The Hall–Kier alpha value is -1.64. The summed E-state index contributed by atoms with van der Waals surface area (Å²) in [5.74, 6) is 6.30. The fraction of sp³-hybridized carbons (Fsp3) is 0.600. The van der Waals surface area contributed by atoms with Crippen LogP contribution in [0, 0.1) is 0 Å². The molecule has 1 heterocycles. The Kier molecular flexibility index (Phi) is 5.08. The fourth-order valence-electron chi connectivity index (χ4n) is 1.45. The van der Waals surface area contributed by atoms with Crippen LogP contribution in [0.2, 0.25) is 0 Å². The number of nitrogen functional groups attached to an aromatic ring is 1. The van der Waals surface area contributed by atoms with E-state index in [1.54, 1.807) is 0 Å². The molecule has 102 valence electrons. The molecular weight excluding hydrogens is 238 g/mol. The van der Waals surface area contributed by atoms with Crippen LogP contribution in [0.25, 0.3) is 0 Å². The lowest BCUT2D eigenvalue weighted by atomic mass is 9.98. The van der Waals surface area contributed by atoms with E-state index in [9.17, 15) is 10.2 Å². The number of hydrogen-bond donors (Lipinski definition) is 5. The fourth-order valence-corrected chi connectivity index (χ4v) is 1.45. The Labute approximate surface area is 105 Å². The number of hydrogen-bond acceptors (Lipinski definition) is 8. The van der Waals surface area contributed by atoms with Gasteiger partial charge in [-0.2, -0.15) is 0 Å². The summed E-state index contributed by atoms with van der Waals surface area (Å²) in [5, 5.41) is 21.7. The summed E-state index contributed by atoms with van der Waals surface area (Å²) in [4.78, 5) is 7.92. The molecule has 0 atom stereocenters. The lowest BCUT2D eigenvalue weighted by Gasteiger charge is -2.30. The number of nitrogens with one attached hydrogen (secondary N) is 2. The van der Waals surface area contributed by atoms with Crippen LogP contribution >= 0.6 is 0 Å². The quantitative estimate of drug-likeness (QED) is 0.321. The lowest BCUT2D eigenvalue weighted by Crippen LogP contribution is -2.45. The van der Waals surface area contributed by atoms with Crippen LogP contribution < -0.4 is 21.3 Å². The number of nitrogens with two attached hydrogens (primary N) is 1. The van der Waals surface area contributed by atoms with E-state index < -0.39 is 5.54 Å². The van der Waals surface area contributed by atoms with Gasteiger partial charge >= 0.3 is 0 Å². The minimum Gasteiger partial charge on any atom is -0.490 e. The molecule has 0 fully saturated rings. The van der Waals surface area contributed by atoms with Crippen molar-refractivity contribution >= 4 is 11.6 Å². The van der Waals surface area contributed by atoms with Crippen molar-refractivity contribution in [3.05, 3.63) is 6.33 Å². The molecule has 0 aliphatic carbocycles. The highest BCUT2D eigenvalue weighted by atomic mass is 16.5. The third kappa shape index (κ3) is 2.78. The Bertz CT molecular complexity index is 376. The molecule has 6 N–H and O–H groups in total. The smallest absolute Gasteiger partial charge is 0.205 e. The number of nitrogens with zero attached hydrogens (tertiary/aromatic N) is 2. The van der Waals surface area contributed by atoms with Crippen molar-refractivity contribution < 1.29 is 14.9 Å². The molecule has 0 radical (unpaired) electrons. The summed E-state index contributed by atoms with van der Waals surface area (Å²) in [5.41, 5.74) is 1.52. The standard InChI is InChI=1S/C10H19N5O3/c1-3-10(4-16,5-17)14-8-7(18-2)9(15-11)13-6-12-8/h6,16-17H,3-5,11H2,1-2H3,(H2,12,13,14,15). The first-order chi connectivity index (χ1) is 8.66. The van der Waals surface area contributed by atoms with Crippen molar-refractivity contribution in [3.8, 4) is 5.75 Å². The topological polar surface area (TPSA) is 126 Å². The van der Waals surface area contributed by atoms with E-state index in [0.29, 0.717) is 23.8 Å². The van der Waals surface area contributed by atoms with Crippen LogP contribution in [0.15, 0.2) is 6.33 Å². The minimum absolute atomic E-state index is 0.238. The van der Waals surface area contributed by atoms with Gasteiger partial charge in [0.1, 0.15) is 6.33 Å². The van der Waals surface area contributed by atoms with Gasteiger partial charge in [-0.15, -0.1) is 0 Å². The molecule has 0 aliphatic rings. The zero-order valence-corrected chi connectivity index (χ0v) is 10.5. The molecule has 1 aromatic rings. The highest BCUT2D eigenvalue weighted by Gasteiger charge is 2.28. The average Bonchev–Trinajstić information content (AvgIpc) is 2.44. The number of hydrazine groups is 1. The van der Waals surface area contributed by atoms with Crippen LogP contribution in [-0.2, 0) is 0 Å². The third-order valence-corrected chi connectivity index (χ3v) is 2.81. The second kappa shape index (κ2) is 6.34. The number of aromatic nitrogens is 2. The second-order valence-electron chi connectivity index (χ2n) is 3.82. The van der Waals surface area contributed by atoms with E-state index in [2.05, 4.69) is 20.7 Å². The van der Waals surface area contributed by atoms with Gasteiger partial charge in [0.15, 0.2) is 11.6 Å². The van der Waals surface area contributed by atoms with Gasteiger partial charge in [0.2, 0.25) is 5.75 Å². The first-order valence-electron chi connectivity index (χ1n) is 5.51. The van der Waals surface area contributed by atoms with Crippen LogP contribution in [-0.4, -0.2) is 46.0 Å². The van der Waals surface area contributed by atoms with Crippen molar-refractivity contribution in [1.29, 1.82) is 0 Å². The molecule has 0 aromatic carbocycles. The second-order valence-corrected chi connectivity index (χ2v) is 3.82. The molecule has 18 heavy (non-hydrogen) atoms. The molecule has 8 heteroatoms. The van der Waals surface area contributed by atoms with Crippen molar-refractivity contribution in [2.45, 2.75) is 18.9 Å². The lowest BCUT2D eigenvalue weighted by molar-refractivity contribution is 0.132. The maximum absolute atomic E-state index is 9.38. The highest BCUT2D eigenvalue weighted by molar-refractivity contribution is 5.63. The summed E-state index contributed by atoms with van der Waals surface area (Å²) in [6, 6.07) is 0. The number of methoxy groups -OCH3 is 1. The van der Waals surface area contributed by atoms with Gasteiger partial charge in [-0.25, -0.2) is 15.8 Å². The van der Waals surface area contributed by atoms with Crippen molar-refractivity contribution in [3.63, 3.8) is 0 Å². The van der Waals surface area contributed by atoms with E-state index in [1.807, 2.05) is 6.92 Å². The average molecular weight is 257 g/mol. The van der Waals surface area contributed by atoms with Gasteiger partial charge in [0.05, 0.1) is 25.9 Å². The normalized spacial score (nSPS) is 11.2. The minimum atomic E-state index is -0.868. The van der Waals surface area contributed by atoms with E-state index >= 15 is 0 Å². The first-order valence-corrected chi connectivity index (χ1v) is 5.51. The Morgan fingerprint density at radius 3 is 2.39 bits per heavy atom. The van der Waals surface area contributed by atoms with Gasteiger partial charge in [0, 0.05) is 0 Å². The number of ether oxygens (including phenoxy) is 1. The Balaban J connectivity index is 3.09. The Morgan fingerprint density at radius 2 is 1.94 bits per heavy atom. The molecular formula is C10H19N5O3. The monoisotopic (exact) mass is 257 g/mol. The first kappa shape index (κ1) is 14.4. The van der Waals surface area contributed by atoms with E-state index in [-0.39, 0.29) is 13.2 Å². The predicted molar refractivity (Wildman–Crippen MR) is 67.2 cm³/mol. The summed E-state index contributed by atoms with van der Waals surface area (Å²) in [6.07, 6.45) is 1.81. The zero-order valence-electron chi connectivity index (χ0n) is 10.5. The number of anilines is 2. The van der Waals surface area contributed by atoms with Crippen LogP contribution in [0.1, 0.15) is 13.3 Å². The summed E-state index contributed by atoms with van der Waals surface area (Å²) < 4.78 is 5.15. The molecule has 0 aliphatic heterocycles. The van der Waals surface area contributed by atoms with Gasteiger partial charge in [-0.1, -0.05) is 6.92 Å². The molecule has 0 spiro atoms. The van der Waals surface area contributed by atoms with Crippen molar-refractivity contribution in [2.75, 3.05) is 31.1 Å². The molecule has 0 saturated carbocycles. The highest BCUT2D eigenvalue weighted by Crippen LogP contribution is 2.30. The van der Waals surface area contributed by atoms with E-state index in [0.717, 1.165) is 0 Å². The van der Waals surface area contributed by atoms with Crippen LogP contribution in [0.5, 0.6) is 5.75 Å². The number of aliphatic hydroxyl groups is 2. The maximum Gasteiger partial charge on any atom is 0.205 e. The van der Waals surface area contributed by atoms with Gasteiger partial charge in [-0.05, 0) is 6.42 Å². The molecule has 1 aromatic heterocycles. The summed E-state index contributed by atoms with van der Waals surface area (Å²) >= 11 is 0. The SMILES string of the molecule is CCC(CO)(CO)Nc1ncnc(NN)c1OC. The number of aliphatic hydroxyl groups excluding tert-OH is 2. The molecule has 0 amide bonds. The molecule has 0 saturated heterocycles. The zero-order chi connectivity index (χ0) is 13.6. The largest absolute Gasteiger partial charge is 0.490 e. The van der Waals surface area contributed by atoms with E-state index in [1.165, 1.54) is 13.4 Å². The van der Waals surface area contributed by atoms with E-state index in [4.69, 9.17) is 10.6 Å².